The van der Waals surface area contributed by atoms with E-state index >= 15 is 0 Å². The van der Waals surface area contributed by atoms with Gasteiger partial charge in [0, 0.05) is 12.3 Å². The first-order valence-corrected chi connectivity index (χ1v) is 12.3. The Morgan fingerprint density at radius 2 is 1.97 bits per heavy atom. The fourth-order valence-electron chi connectivity index (χ4n) is 7.26. The van der Waals surface area contributed by atoms with E-state index in [0.29, 0.717) is 29.5 Å². The van der Waals surface area contributed by atoms with Crippen LogP contribution in [-0.2, 0) is 9.59 Å². The third-order valence-electron chi connectivity index (χ3n) is 9.19. The molecule has 0 radical (unpaired) electrons. The second kappa shape index (κ2) is 9.54. The van der Waals surface area contributed by atoms with Gasteiger partial charge in [0.05, 0.1) is 6.10 Å². The van der Waals surface area contributed by atoms with E-state index in [1.807, 2.05) is 13.0 Å². The Kier molecular flexibility index (Phi) is 7.48. The Hall–Kier alpha value is -1.16. The molecule has 4 nitrogen and oxygen atoms in total. The summed E-state index contributed by atoms with van der Waals surface area (Å²) >= 11 is 0. The van der Waals surface area contributed by atoms with Gasteiger partial charge >= 0.3 is 5.97 Å². The molecule has 4 unspecified atom stereocenters. The first kappa shape index (κ1) is 23.5. The number of carbonyl (C=O) groups excluding carboxylic acids is 1. The average Bonchev–Trinajstić information content (AvgIpc) is 2.78. The van der Waals surface area contributed by atoms with E-state index in [4.69, 9.17) is 5.11 Å². The van der Waals surface area contributed by atoms with Crippen LogP contribution in [0.15, 0.2) is 11.6 Å². The molecule has 0 aromatic heterocycles. The molecule has 30 heavy (non-hydrogen) atoms. The Bertz CT molecular complexity index is 668. The van der Waals surface area contributed by atoms with Gasteiger partial charge in [0.2, 0.25) is 0 Å². The Balaban J connectivity index is 1.84. The van der Waals surface area contributed by atoms with Crippen LogP contribution in [0.2, 0.25) is 0 Å². The minimum absolute atomic E-state index is 0.0979. The van der Waals surface area contributed by atoms with E-state index in [1.54, 1.807) is 0 Å². The zero-order valence-electron chi connectivity index (χ0n) is 19.4. The summed E-state index contributed by atoms with van der Waals surface area (Å²) < 4.78 is 0. The van der Waals surface area contributed by atoms with Crippen LogP contribution in [-0.4, -0.2) is 28.1 Å². The number of hydrogen-bond acceptors (Lipinski definition) is 3. The lowest BCUT2D eigenvalue weighted by Crippen LogP contribution is -2.54. The molecule has 0 aromatic rings. The summed E-state index contributed by atoms with van der Waals surface area (Å²) in [6.07, 6.45) is 10.9. The van der Waals surface area contributed by atoms with Crippen LogP contribution in [0.5, 0.6) is 0 Å². The van der Waals surface area contributed by atoms with Crippen molar-refractivity contribution in [3.8, 4) is 0 Å². The molecule has 3 fully saturated rings. The van der Waals surface area contributed by atoms with Crippen molar-refractivity contribution in [2.24, 2.45) is 40.9 Å². The van der Waals surface area contributed by atoms with Gasteiger partial charge in [-0.25, -0.2) is 0 Å². The van der Waals surface area contributed by atoms with E-state index in [1.165, 1.54) is 0 Å². The number of allylic oxidation sites excluding steroid dienone is 2. The van der Waals surface area contributed by atoms with Gasteiger partial charge in [-0.15, -0.1) is 0 Å². The molecular weight excluding hydrogens is 376 g/mol. The van der Waals surface area contributed by atoms with Crippen molar-refractivity contribution in [1.29, 1.82) is 0 Å². The molecule has 2 N–H and O–H groups in total. The summed E-state index contributed by atoms with van der Waals surface area (Å²) in [5, 5.41) is 19.4. The van der Waals surface area contributed by atoms with Crippen molar-refractivity contribution >= 4 is 11.8 Å². The van der Waals surface area contributed by atoms with Crippen LogP contribution < -0.4 is 0 Å². The fourth-order valence-corrected chi connectivity index (χ4v) is 7.26. The van der Waals surface area contributed by atoms with Gasteiger partial charge in [0.1, 0.15) is 0 Å². The number of rotatable bonds is 4. The smallest absolute Gasteiger partial charge is 0.303 e. The molecule has 3 aliphatic rings. The molecule has 3 rings (SSSR count). The lowest BCUT2D eigenvalue weighted by Gasteiger charge is -2.56. The monoisotopic (exact) mass is 418 g/mol. The minimum atomic E-state index is -0.702. The van der Waals surface area contributed by atoms with Gasteiger partial charge in [0.25, 0.3) is 0 Å². The maximum atomic E-state index is 13.7. The number of aliphatic hydroxyl groups excluding tert-OH is 1. The van der Waals surface area contributed by atoms with Crippen molar-refractivity contribution in [2.75, 3.05) is 0 Å². The standard InChI is InChI=1S/C26H42O4/c1-5-20-22-15-19(27)13-14-26(22,4)21-8-6-7-18(16(2)10-12-23(28)29)11-9-17(3)24(21)25(20)30/h5,16-19,21-22,24,27H,6-15H2,1-4H3,(H,28,29)/b20-5+/t16-,17?,18?,19-,21?,22+,24?,26-/m1/s1. The first-order chi connectivity index (χ1) is 14.2. The molecule has 0 aromatic carbocycles. The highest BCUT2D eigenvalue weighted by molar-refractivity contribution is 5.99. The molecule has 3 aliphatic carbocycles. The fraction of sp³-hybridized carbons (Fsp3) is 0.846. The highest BCUT2D eigenvalue weighted by Crippen LogP contribution is 2.59. The minimum Gasteiger partial charge on any atom is -0.481 e. The molecule has 0 amide bonds. The first-order valence-electron chi connectivity index (χ1n) is 12.3. The van der Waals surface area contributed by atoms with E-state index in [0.717, 1.165) is 63.4 Å². The van der Waals surface area contributed by atoms with Crippen LogP contribution in [0.4, 0.5) is 0 Å². The summed E-state index contributed by atoms with van der Waals surface area (Å²) in [5.41, 5.74) is 1.08. The zero-order chi connectivity index (χ0) is 22.1. The third kappa shape index (κ3) is 4.54. The second-order valence-electron chi connectivity index (χ2n) is 10.9. The van der Waals surface area contributed by atoms with Crippen LogP contribution in [0.25, 0.3) is 0 Å². The summed E-state index contributed by atoms with van der Waals surface area (Å²) in [4.78, 5) is 24.7. The van der Waals surface area contributed by atoms with Gasteiger partial charge in [-0.1, -0.05) is 39.7 Å². The van der Waals surface area contributed by atoms with E-state index in [9.17, 15) is 14.7 Å². The van der Waals surface area contributed by atoms with Gasteiger partial charge in [-0.3, -0.25) is 9.59 Å². The highest BCUT2D eigenvalue weighted by atomic mass is 16.4. The molecule has 0 aliphatic heterocycles. The number of hydrogen-bond donors (Lipinski definition) is 2. The van der Waals surface area contributed by atoms with E-state index < -0.39 is 5.97 Å². The van der Waals surface area contributed by atoms with Crippen molar-refractivity contribution in [3.05, 3.63) is 11.6 Å². The van der Waals surface area contributed by atoms with Crippen LogP contribution in [0.3, 0.4) is 0 Å². The number of carboxylic acids is 1. The predicted molar refractivity (Wildman–Crippen MR) is 119 cm³/mol. The van der Waals surface area contributed by atoms with Gasteiger partial charge < -0.3 is 10.2 Å². The maximum absolute atomic E-state index is 13.7. The van der Waals surface area contributed by atoms with Crippen LogP contribution in [0.1, 0.15) is 91.9 Å². The average molecular weight is 419 g/mol. The number of aliphatic hydroxyl groups is 1. The van der Waals surface area contributed by atoms with Gasteiger partial charge in [-0.2, -0.15) is 0 Å². The number of aliphatic carboxylic acids is 1. The van der Waals surface area contributed by atoms with E-state index in [2.05, 4.69) is 20.8 Å². The number of ketones is 1. The largest absolute Gasteiger partial charge is 0.481 e. The SMILES string of the molecule is C/C=C1/C(=O)C2C(C)CCC([C@H](C)CCC(=O)O)CCCC2[C@@]2(C)CC[C@@H](O)C[C@@H]12. The summed E-state index contributed by atoms with van der Waals surface area (Å²) in [5.74, 6) is 1.67. The molecule has 4 heteroatoms. The number of carbonyl (C=O) groups is 2. The lowest BCUT2D eigenvalue weighted by atomic mass is 9.48. The summed E-state index contributed by atoms with van der Waals surface area (Å²) in [6.45, 7) is 8.88. The highest BCUT2D eigenvalue weighted by Gasteiger charge is 2.56. The quantitative estimate of drug-likeness (QED) is 0.580. The Morgan fingerprint density at radius 3 is 2.63 bits per heavy atom. The molecule has 170 valence electrons. The Morgan fingerprint density at radius 1 is 1.23 bits per heavy atom. The van der Waals surface area contributed by atoms with Gasteiger partial charge in [-0.05, 0) is 92.4 Å². The summed E-state index contributed by atoms with van der Waals surface area (Å²) in [7, 11) is 0. The van der Waals surface area contributed by atoms with Gasteiger partial charge in [0.15, 0.2) is 5.78 Å². The number of carboxylic acid groups (broad SMARTS) is 1. The molecule has 8 atom stereocenters. The third-order valence-corrected chi connectivity index (χ3v) is 9.19. The molecule has 3 saturated carbocycles. The molecule has 0 spiro atoms. The number of fused-ring (bicyclic) bond motifs is 3. The number of Topliss-reactive ketones (excluding diaryl/α,β-unsaturated/α-hetero) is 1. The summed E-state index contributed by atoms with van der Waals surface area (Å²) in [6, 6.07) is 0. The maximum Gasteiger partial charge on any atom is 0.303 e. The zero-order valence-corrected chi connectivity index (χ0v) is 19.4. The van der Waals surface area contributed by atoms with Crippen LogP contribution >= 0.6 is 0 Å². The lowest BCUT2D eigenvalue weighted by molar-refractivity contribution is -0.138. The molecule has 0 bridgehead atoms. The Labute approximate surface area is 182 Å². The molecular formula is C26H42O4. The predicted octanol–water partition coefficient (Wildman–Crippen LogP) is 5.63. The van der Waals surface area contributed by atoms with Crippen molar-refractivity contribution < 1.29 is 19.8 Å². The van der Waals surface area contributed by atoms with Crippen molar-refractivity contribution in [1.82, 2.24) is 0 Å². The topological polar surface area (TPSA) is 74.6 Å². The van der Waals surface area contributed by atoms with Crippen molar-refractivity contribution in [2.45, 2.75) is 98.0 Å². The normalized spacial score (nSPS) is 42.4. The molecule has 0 heterocycles. The van der Waals surface area contributed by atoms with E-state index in [-0.39, 0.29) is 29.8 Å². The second-order valence-corrected chi connectivity index (χ2v) is 10.9. The molecule has 0 saturated heterocycles. The van der Waals surface area contributed by atoms with Crippen molar-refractivity contribution in [3.63, 3.8) is 0 Å². The van der Waals surface area contributed by atoms with Crippen LogP contribution in [0, 0.1) is 40.9 Å².